The van der Waals surface area contributed by atoms with Gasteiger partial charge in [0.25, 0.3) is 5.56 Å². The molecule has 1 heterocycles. The Hall–Kier alpha value is -3.75. The number of para-hydroxylation sites is 1. The monoisotopic (exact) mass is 383 g/mol. The largest absolute Gasteiger partial charge is 0.493 e. The zero-order valence-corrected chi connectivity index (χ0v) is 15.3. The van der Waals surface area contributed by atoms with Gasteiger partial charge in [-0.1, -0.05) is 24.3 Å². The summed E-state index contributed by atoms with van der Waals surface area (Å²) >= 11 is 0. The van der Waals surface area contributed by atoms with E-state index in [1.165, 1.54) is 19.4 Å². The Labute approximate surface area is 160 Å². The molecule has 9 heteroatoms. The Balaban J connectivity index is 1.79. The van der Waals surface area contributed by atoms with Crippen LogP contribution >= 0.6 is 0 Å². The Morgan fingerprint density at radius 1 is 1.21 bits per heavy atom. The van der Waals surface area contributed by atoms with Crippen molar-refractivity contribution < 1.29 is 13.9 Å². The standard InChI is InChI=1S/C19H18FN5O3/c1-12-18(26)22-19(25-23-12)24-21-10-13-7-5-9-16(27-2)17(13)28-11-14-6-3-4-8-15(14)20/h3-10H,11H2,1-2H3,(H2,22,24,25,26)/b21-10+. The van der Waals surface area contributed by atoms with Gasteiger partial charge in [-0.25, -0.2) is 9.82 Å². The number of H-pyrrole nitrogens is 1. The van der Waals surface area contributed by atoms with E-state index in [2.05, 4.69) is 25.7 Å². The van der Waals surface area contributed by atoms with Crippen LogP contribution in [0.2, 0.25) is 0 Å². The summed E-state index contributed by atoms with van der Waals surface area (Å²) in [6.07, 6.45) is 1.47. The van der Waals surface area contributed by atoms with E-state index >= 15 is 0 Å². The van der Waals surface area contributed by atoms with E-state index in [0.29, 0.717) is 22.6 Å². The maximum Gasteiger partial charge on any atom is 0.274 e. The van der Waals surface area contributed by atoms with Crippen LogP contribution in [0.15, 0.2) is 52.4 Å². The molecule has 0 amide bonds. The highest BCUT2D eigenvalue weighted by Gasteiger charge is 2.11. The number of nitrogens with one attached hydrogen (secondary N) is 2. The van der Waals surface area contributed by atoms with Gasteiger partial charge < -0.3 is 9.47 Å². The zero-order valence-electron chi connectivity index (χ0n) is 15.3. The number of aryl methyl sites for hydroxylation is 1. The predicted molar refractivity (Wildman–Crippen MR) is 102 cm³/mol. The van der Waals surface area contributed by atoms with Gasteiger partial charge in [-0.2, -0.15) is 5.10 Å². The van der Waals surface area contributed by atoms with Gasteiger partial charge in [0, 0.05) is 11.1 Å². The molecule has 144 valence electrons. The van der Waals surface area contributed by atoms with Crippen LogP contribution in [0.5, 0.6) is 11.5 Å². The average molecular weight is 383 g/mol. The molecule has 0 radical (unpaired) electrons. The lowest BCUT2D eigenvalue weighted by Crippen LogP contribution is -2.15. The first kappa shape index (κ1) is 19.0. The van der Waals surface area contributed by atoms with Crippen LogP contribution in [0.25, 0.3) is 0 Å². The fourth-order valence-electron chi connectivity index (χ4n) is 2.32. The minimum atomic E-state index is -0.358. The molecule has 3 rings (SSSR count). The van der Waals surface area contributed by atoms with E-state index in [0.717, 1.165) is 0 Å². The lowest BCUT2D eigenvalue weighted by atomic mass is 10.2. The van der Waals surface area contributed by atoms with E-state index < -0.39 is 0 Å². The van der Waals surface area contributed by atoms with Crippen molar-refractivity contribution in [2.24, 2.45) is 5.10 Å². The lowest BCUT2D eigenvalue weighted by Gasteiger charge is -2.13. The third-order valence-electron chi connectivity index (χ3n) is 3.79. The van der Waals surface area contributed by atoms with E-state index in [1.54, 1.807) is 43.3 Å². The summed E-state index contributed by atoms with van der Waals surface area (Å²) in [4.78, 5) is 14.0. The summed E-state index contributed by atoms with van der Waals surface area (Å²) in [6, 6.07) is 11.6. The van der Waals surface area contributed by atoms with Gasteiger partial charge in [-0.3, -0.25) is 9.78 Å². The maximum atomic E-state index is 13.8. The van der Waals surface area contributed by atoms with Crippen LogP contribution < -0.4 is 20.5 Å². The molecule has 0 spiro atoms. The molecular formula is C19H18FN5O3. The molecular weight excluding hydrogens is 365 g/mol. The van der Waals surface area contributed by atoms with Gasteiger partial charge in [-0.15, -0.1) is 10.2 Å². The highest BCUT2D eigenvalue weighted by atomic mass is 19.1. The lowest BCUT2D eigenvalue weighted by molar-refractivity contribution is 0.279. The molecule has 0 aliphatic carbocycles. The number of halogens is 1. The quantitative estimate of drug-likeness (QED) is 0.480. The van der Waals surface area contributed by atoms with Gasteiger partial charge in [0.1, 0.15) is 18.1 Å². The molecule has 1 aromatic heterocycles. The molecule has 2 aromatic carbocycles. The minimum Gasteiger partial charge on any atom is -0.493 e. The first-order valence-electron chi connectivity index (χ1n) is 8.34. The van der Waals surface area contributed by atoms with E-state index in [1.807, 2.05) is 0 Å². The summed E-state index contributed by atoms with van der Waals surface area (Å²) < 4.78 is 25.0. The summed E-state index contributed by atoms with van der Waals surface area (Å²) in [6.45, 7) is 1.58. The number of aromatic nitrogens is 3. The summed E-state index contributed by atoms with van der Waals surface area (Å²) in [5, 5.41) is 11.5. The Bertz CT molecular complexity index is 1050. The molecule has 28 heavy (non-hydrogen) atoms. The minimum absolute atomic E-state index is 0.0259. The number of hydrogen-bond donors (Lipinski definition) is 2. The number of anilines is 1. The molecule has 0 aliphatic rings. The zero-order chi connectivity index (χ0) is 19.9. The summed E-state index contributed by atoms with van der Waals surface area (Å²) in [5.74, 6) is 0.630. The Morgan fingerprint density at radius 3 is 2.79 bits per heavy atom. The number of aromatic amines is 1. The van der Waals surface area contributed by atoms with Crippen molar-refractivity contribution in [1.29, 1.82) is 0 Å². The van der Waals surface area contributed by atoms with Crippen LogP contribution in [-0.2, 0) is 6.61 Å². The second-order valence-electron chi connectivity index (χ2n) is 5.72. The van der Waals surface area contributed by atoms with Crippen molar-refractivity contribution in [1.82, 2.24) is 15.2 Å². The number of benzene rings is 2. The summed E-state index contributed by atoms with van der Waals surface area (Å²) in [5.41, 5.74) is 3.50. The van der Waals surface area contributed by atoms with Gasteiger partial charge in [0.15, 0.2) is 11.5 Å². The third-order valence-corrected chi connectivity index (χ3v) is 3.79. The van der Waals surface area contributed by atoms with Crippen molar-refractivity contribution in [2.45, 2.75) is 13.5 Å². The average Bonchev–Trinajstić information content (AvgIpc) is 2.70. The van der Waals surface area contributed by atoms with E-state index in [-0.39, 0.29) is 29.6 Å². The molecule has 0 fully saturated rings. The Kier molecular flexibility index (Phi) is 5.95. The first-order chi connectivity index (χ1) is 13.6. The maximum absolute atomic E-state index is 13.8. The molecule has 0 bridgehead atoms. The molecule has 3 aromatic rings. The topological polar surface area (TPSA) is 101 Å². The molecule has 0 atom stereocenters. The fourth-order valence-corrected chi connectivity index (χ4v) is 2.32. The normalized spacial score (nSPS) is 10.8. The van der Waals surface area contributed by atoms with Crippen LogP contribution in [0.1, 0.15) is 16.8 Å². The van der Waals surface area contributed by atoms with E-state index in [4.69, 9.17) is 9.47 Å². The summed E-state index contributed by atoms with van der Waals surface area (Å²) in [7, 11) is 1.51. The molecule has 0 unspecified atom stereocenters. The Morgan fingerprint density at radius 2 is 2.04 bits per heavy atom. The molecule has 0 aliphatic heterocycles. The second-order valence-corrected chi connectivity index (χ2v) is 5.72. The number of hydrogen-bond acceptors (Lipinski definition) is 7. The molecule has 0 saturated carbocycles. The fraction of sp³-hybridized carbons (Fsp3) is 0.158. The van der Waals surface area contributed by atoms with Crippen molar-refractivity contribution in [3.05, 3.63) is 75.5 Å². The van der Waals surface area contributed by atoms with Crippen molar-refractivity contribution >= 4 is 12.2 Å². The van der Waals surface area contributed by atoms with Crippen molar-refractivity contribution in [3.8, 4) is 11.5 Å². The third kappa shape index (κ3) is 4.50. The first-order valence-corrected chi connectivity index (χ1v) is 8.34. The number of hydrazone groups is 1. The number of ether oxygens (including phenoxy) is 2. The van der Waals surface area contributed by atoms with E-state index in [9.17, 15) is 9.18 Å². The van der Waals surface area contributed by atoms with Gasteiger partial charge in [0.2, 0.25) is 5.95 Å². The van der Waals surface area contributed by atoms with Gasteiger partial charge in [0.05, 0.1) is 13.3 Å². The molecule has 2 N–H and O–H groups in total. The van der Waals surface area contributed by atoms with Crippen LogP contribution in [0, 0.1) is 12.7 Å². The van der Waals surface area contributed by atoms with Crippen LogP contribution in [0.4, 0.5) is 10.3 Å². The molecule has 8 nitrogen and oxygen atoms in total. The highest BCUT2D eigenvalue weighted by Crippen LogP contribution is 2.31. The van der Waals surface area contributed by atoms with Crippen LogP contribution in [-0.4, -0.2) is 28.5 Å². The van der Waals surface area contributed by atoms with Crippen molar-refractivity contribution in [2.75, 3.05) is 12.5 Å². The number of methoxy groups -OCH3 is 1. The van der Waals surface area contributed by atoms with Crippen molar-refractivity contribution in [3.63, 3.8) is 0 Å². The molecule has 0 saturated heterocycles. The number of nitrogens with zero attached hydrogens (tertiary/aromatic N) is 3. The van der Waals surface area contributed by atoms with Crippen LogP contribution in [0.3, 0.4) is 0 Å². The smallest absolute Gasteiger partial charge is 0.274 e. The predicted octanol–water partition coefficient (Wildman–Crippen LogP) is 2.65. The van der Waals surface area contributed by atoms with Gasteiger partial charge in [-0.05, 0) is 25.1 Å². The SMILES string of the molecule is COc1cccc(/C=N/Nc2nnc(C)c(=O)[nH]2)c1OCc1ccccc1F. The highest BCUT2D eigenvalue weighted by molar-refractivity contribution is 5.85. The second kappa shape index (κ2) is 8.76. The number of rotatable bonds is 7. The van der Waals surface area contributed by atoms with Gasteiger partial charge >= 0.3 is 0 Å².